The van der Waals surface area contributed by atoms with E-state index in [1.807, 2.05) is 0 Å². The molecule has 0 aromatic heterocycles. The van der Waals surface area contributed by atoms with Gasteiger partial charge in [-0.1, -0.05) is 29.6 Å². The standard InChI is InChI=1S/C12H12Cl2O2/c1-16-11-5-8(9(13)6-10(11)14)12(15)7-3-2-4-7/h5-7H,2-4H2,1H3. The second kappa shape index (κ2) is 4.64. The van der Waals surface area contributed by atoms with Gasteiger partial charge in [0.05, 0.1) is 17.2 Å². The van der Waals surface area contributed by atoms with E-state index in [-0.39, 0.29) is 11.7 Å². The molecule has 16 heavy (non-hydrogen) atoms. The first kappa shape index (κ1) is 11.7. The van der Waals surface area contributed by atoms with E-state index in [9.17, 15) is 4.79 Å². The maximum Gasteiger partial charge on any atom is 0.167 e. The van der Waals surface area contributed by atoms with Crippen LogP contribution < -0.4 is 4.74 Å². The van der Waals surface area contributed by atoms with Gasteiger partial charge in [0, 0.05) is 11.5 Å². The van der Waals surface area contributed by atoms with Gasteiger partial charge in [-0.05, 0) is 25.0 Å². The van der Waals surface area contributed by atoms with Gasteiger partial charge in [0.2, 0.25) is 0 Å². The van der Waals surface area contributed by atoms with Gasteiger partial charge in [0.15, 0.2) is 5.78 Å². The van der Waals surface area contributed by atoms with Crippen LogP contribution in [-0.2, 0) is 0 Å². The number of carbonyl (C=O) groups excluding carboxylic acids is 1. The van der Waals surface area contributed by atoms with Crippen molar-refractivity contribution in [2.24, 2.45) is 5.92 Å². The molecule has 1 fully saturated rings. The fourth-order valence-electron chi connectivity index (χ4n) is 1.76. The predicted molar refractivity (Wildman–Crippen MR) is 64.7 cm³/mol. The maximum absolute atomic E-state index is 12.0. The van der Waals surface area contributed by atoms with E-state index in [1.54, 1.807) is 12.1 Å². The van der Waals surface area contributed by atoms with Gasteiger partial charge in [-0.25, -0.2) is 0 Å². The molecule has 4 heteroatoms. The number of Topliss-reactive ketones (excluding diaryl/α,β-unsaturated/α-hetero) is 1. The van der Waals surface area contributed by atoms with E-state index in [0.717, 1.165) is 19.3 Å². The number of hydrogen-bond acceptors (Lipinski definition) is 2. The van der Waals surface area contributed by atoms with Crippen molar-refractivity contribution in [1.29, 1.82) is 0 Å². The van der Waals surface area contributed by atoms with Crippen molar-refractivity contribution in [3.63, 3.8) is 0 Å². The second-order valence-electron chi connectivity index (χ2n) is 3.96. The Morgan fingerprint density at radius 3 is 2.50 bits per heavy atom. The lowest BCUT2D eigenvalue weighted by Gasteiger charge is -2.24. The van der Waals surface area contributed by atoms with E-state index >= 15 is 0 Å². The molecule has 0 atom stereocenters. The Kier molecular flexibility index (Phi) is 3.41. The van der Waals surface area contributed by atoms with Gasteiger partial charge < -0.3 is 4.74 Å². The second-order valence-corrected chi connectivity index (χ2v) is 4.77. The van der Waals surface area contributed by atoms with E-state index < -0.39 is 0 Å². The Balaban J connectivity index is 2.35. The van der Waals surface area contributed by atoms with Crippen molar-refractivity contribution in [1.82, 2.24) is 0 Å². The molecule has 0 bridgehead atoms. The Labute approximate surface area is 104 Å². The van der Waals surface area contributed by atoms with Crippen molar-refractivity contribution >= 4 is 29.0 Å². The highest BCUT2D eigenvalue weighted by atomic mass is 35.5. The summed E-state index contributed by atoms with van der Waals surface area (Å²) in [6, 6.07) is 3.19. The monoisotopic (exact) mass is 258 g/mol. The summed E-state index contributed by atoms with van der Waals surface area (Å²) in [7, 11) is 1.52. The van der Waals surface area contributed by atoms with Crippen LogP contribution in [0.5, 0.6) is 5.75 Å². The minimum atomic E-state index is 0.103. The van der Waals surface area contributed by atoms with Crippen LogP contribution in [0.4, 0.5) is 0 Å². The highest BCUT2D eigenvalue weighted by molar-refractivity contribution is 6.37. The highest BCUT2D eigenvalue weighted by Crippen LogP contribution is 2.36. The first-order chi connectivity index (χ1) is 7.63. The molecule has 2 rings (SSSR count). The van der Waals surface area contributed by atoms with Crippen LogP contribution in [0.2, 0.25) is 10.0 Å². The van der Waals surface area contributed by atoms with Crippen molar-refractivity contribution in [2.75, 3.05) is 7.11 Å². The lowest BCUT2D eigenvalue weighted by molar-refractivity contribution is 0.0855. The zero-order chi connectivity index (χ0) is 11.7. The summed E-state index contributed by atoms with van der Waals surface area (Å²) < 4.78 is 5.08. The largest absolute Gasteiger partial charge is 0.495 e. The Morgan fingerprint density at radius 2 is 2.00 bits per heavy atom. The molecule has 0 saturated heterocycles. The lowest BCUT2D eigenvalue weighted by atomic mass is 9.80. The molecule has 0 radical (unpaired) electrons. The average molecular weight is 259 g/mol. The van der Waals surface area contributed by atoms with Crippen molar-refractivity contribution < 1.29 is 9.53 Å². The maximum atomic E-state index is 12.0. The molecule has 1 aromatic carbocycles. The molecule has 0 aliphatic heterocycles. The summed E-state index contributed by atoms with van der Waals surface area (Å²) in [6.07, 6.45) is 3.04. The minimum absolute atomic E-state index is 0.103. The molecule has 0 spiro atoms. The molecular formula is C12H12Cl2O2. The van der Waals surface area contributed by atoms with Crippen molar-refractivity contribution in [2.45, 2.75) is 19.3 Å². The van der Waals surface area contributed by atoms with Crippen LogP contribution in [0.15, 0.2) is 12.1 Å². The lowest BCUT2D eigenvalue weighted by Crippen LogP contribution is -2.22. The topological polar surface area (TPSA) is 26.3 Å². The van der Waals surface area contributed by atoms with Gasteiger partial charge in [0.25, 0.3) is 0 Å². The third-order valence-corrected chi connectivity index (χ3v) is 3.59. The first-order valence-electron chi connectivity index (χ1n) is 5.20. The van der Waals surface area contributed by atoms with E-state index in [4.69, 9.17) is 27.9 Å². The number of ether oxygens (including phenoxy) is 1. The molecule has 1 aliphatic carbocycles. The van der Waals surface area contributed by atoms with Crippen molar-refractivity contribution in [3.8, 4) is 5.75 Å². The number of benzene rings is 1. The van der Waals surface area contributed by atoms with Crippen LogP contribution in [0.25, 0.3) is 0 Å². The third kappa shape index (κ3) is 2.04. The molecule has 1 saturated carbocycles. The average Bonchev–Trinajstić information content (AvgIpc) is 2.15. The van der Waals surface area contributed by atoms with E-state index in [2.05, 4.69) is 0 Å². The van der Waals surface area contributed by atoms with E-state index in [1.165, 1.54) is 7.11 Å². The van der Waals surface area contributed by atoms with Crippen LogP contribution in [0, 0.1) is 5.92 Å². The number of hydrogen-bond donors (Lipinski definition) is 0. The molecule has 0 amide bonds. The molecular weight excluding hydrogens is 247 g/mol. The SMILES string of the molecule is COc1cc(C(=O)C2CCC2)c(Cl)cc1Cl. The summed E-state index contributed by atoms with van der Waals surface area (Å²) in [5.74, 6) is 0.725. The van der Waals surface area contributed by atoms with Crippen LogP contribution in [0.3, 0.4) is 0 Å². The van der Waals surface area contributed by atoms with Gasteiger partial charge in [-0.15, -0.1) is 0 Å². The molecule has 2 nitrogen and oxygen atoms in total. The van der Waals surface area contributed by atoms with Crippen LogP contribution in [-0.4, -0.2) is 12.9 Å². The molecule has 1 aliphatic rings. The fourth-order valence-corrected chi connectivity index (χ4v) is 2.32. The van der Waals surface area contributed by atoms with Crippen molar-refractivity contribution in [3.05, 3.63) is 27.7 Å². The van der Waals surface area contributed by atoms with Gasteiger partial charge in [-0.2, -0.15) is 0 Å². The fraction of sp³-hybridized carbons (Fsp3) is 0.417. The molecule has 0 N–H and O–H groups in total. The normalized spacial score (nSPS) is 15.7. The number of rotatable bonds is 3. The molecule has 1 aromatic rings. The summed E-state index contributed by atoms with van der Waals surface area (Å²) in [5, 5.41) is 0.834. The number of carbonyl (C=O) groups is 1. The molecule has 86 valence electrons. The third-order valence-electron chi connectivity index (χ3n) is 2.98. The van der Waals surface area contributed by atoms with Crippen LogP contribution in [0.1, 0.15) is 29.6 Å². The predicted octanol–water partition coefficient (Wildman–Crippen LogP) is 3.98. The zero-order valence-corrected chi connectivity index (χ0v) is 10.4. The minimum Gasteiger partial charge on any atom is -0.495 e. The Hall–Kier alpha value is -0.730. The summed E-state index contributed by atoms with van der Waals surface area (Å²) in [4.78, 5) is 12.0. The Bertz CT molecular complexity index is 425. The number of ketones is 1. The van der Waals surface area contributed by atoms with Gasteiger partial charge >= 0.3 is 0 Å². The zero-order valence-electron chi connectivity index (χ0n) is 8.93. The molecule has 0 heterocycles. The molecule has 0 unspecified atom stereocenters. The summed E-state index contributed by atoms with van der Waals surface area (Å²) in [5.41, 5.74) is 0.521. The number of halogens is 2. The number of methoxy groups -OCH3 is 1. The highest BCUT2D eigenvalue weighted by Gasteiger charge is 2.28. The summed E-state index contributed by atoms with van der Waals surface area (Å²) in [6.45, 7) is 0. The quantitative estimate of drug-likeness (QED) is 0.767. The smallest absolute Gasteiger partial charge is 0.167 e. The summed E-state index contributed by atoms with van der Waals surface area (Å²) >= 11 is 11.9. The van der Waals surface area contributed by atoms with Gasteiger partial charge in [0.1, 0.15) is 5.75 Å². The first-order valence-corrected chi connectivity index (χ1v) is 5.96. The Morgan fingerprint density at radius 1 is 1.31 bits per heavy atom. The van der Waals surface area contributed by atoms with E-state index in [0.29, 0.717) is 21.4 Å². The van der Waals surface area contributed by atoms with Gasteiger partial charge in [-0.3, -0.25) is 4.79 Å². The van der Waals surface area contributed by atoms with Crippen LogP contribution >= 0.6 is 23.2 Å².